The molecule has 1 saturated heterocycles. The summed E-state index contributed by atoms with van der Waals surface area (Å²) in [6.45, 7) is 2.08. The molecule has 0 saturated carbocycles. The number of ether oxygens (including phenoxy) is 2. The third-order valence-corrected chi connectivity index (χ3v) is 4.93. The van der Waals surface area contributed by atoms with Crippen molar-refractivity contribution in [3.05, 3.63) is 59.4 Å². The summed E-state index contributed by atoms with van der Waals surface area (Å²) in [4.78, 5) is 14.7. The molecule has 4 rings (SSSR count). The molecular formula is C20H22FN3O3. The smallest absolute Gasteiger partial charge is 0.229 e. The lowest BCUT2D eigenvalue weighted by Gasteiger charge is -2.25. The fourth-order valence-corrected chi connectivity index (χ4v) is 3.53. The van der Waals surface area contributed by atoms with Crippen LogP contribution >= 0.6 is 0 Å². The molecule has 6 nitrogen and oxygen atoms in total. The minimum Gasteiger partial charge on any atom is -0.486 e. The molecule has 2 aromatic carbocycles. The second kappa shape index (κ2) is 7.54. The van der Waals surface area contributed by atoms with Crippen molar-refractivity contribution < 1.29 is 18.7 Å². The van der Waals surface area contributed by atoms with Crippen molar-refractivity contribution in [2.45, 2.75) is 12.6 Å². The van der Waals surface area contributed by atoms with Gasteiger partial charge in [0.05, 0.1) is 12.0 Å². The molecule has 142 valence electrons. The third kappa shape index (κ3) is 3.74. The van der Waals surface area contributed by atoms with E-state index in [0.29, 0.717) is 32.1 Å². The van der Waals surface area contributed by atoms with E-state index < -0.39 is 0 Å². The number of hydrazine groups is 1. The lowest BCUT2D eigenvalue weighted by Crippen LogP contribution is -2.36. The zero-order valence-electron chi connectivity index (χ0n) is 15.1. The van der Waals surface area contributed by atoms with Crippen LogP contribution in [0.4, 0.5) is 4.39 Å². The summed E-state index contributed by atoms with van der Waals surface area (Å²) in [7, 11) is 1.79. The second-order valence-corrected chi connectivity index (χ2v) is 6.83. The first-order valence-corrected chi connectivity index (χ1v) is 8.99. The number of halogens is 1. The maximum absolute atomic E-state index is 13.2. The van der Waals surface area contributed by atoms with Crippen molar-refractivity contribution in [1.82, 2.24) is 15.8 Å². The lowest BCUT2D eigenvalue weighted by molar-refractivity contribution is -0.134. The van der Waals surface area contributed by atoms with Gasteiger partial charge in [-0.05, 0) is 35.4 Å². The van der Waals surface area contributed by atoms with Gasteiger partial charge < -0.3 is 14.4 Å². The summed E-state index contributed by atoms with van der Waals surface area (Å²) in [5.41, 5.74) is 8.04. The van der Waals surface area contributed by atoms with Crippen LogP contribution in [0.5, 0.6) is 11.5 Å². The van der Waals surface area contributed by atoms with Gasteiger partial charge in [-0.1, -0.05) is 18.2 Å². The Morgan fingerprint density at radius 3 is 2.67 bits per heavy atom. The molecule has 27 heavy (non-hydrogen) atoms. The van der Waals surface area contributed by atoms with E-state index in [1.807, 2.05) is 18.2 Å². The molecule has 2 heterocycles. The van der Waals surface area contributed by atoms with Gasteiger partial charge in [-0.25, -0.2) is 9.82 Å². The van der Waals surface area contributed by atoms with Crippen LogP contribution in [0.25, 0.3) is 0 Å². The van der Waals surface area contributed by atoms with Gasteiger partial charge in [-0.15, -0.1) is 0 Å². The zero-order chi connectivity index (χ0) is 18.8. The molecule has 0 radical (unpaired) electrons. The fourth-order valence-electron chi connectivity index (χ4n) is 3.53. The largest absolute Gasteiger partial charge is 0.486 e. The van der Waals surface area contributed by atoms with E-state index in [0.717, 1.165) is 16.9 Å². The highest BCUT2D eigenvalue weighted by atomic mass is 19.1. The van der Waals surface area contributed by atoms with Crippen LogP contribution in [-0.4, -0.2) is 37.6 Å². The molecule has 7 heteroatoms. The molecule has 1 fully saturated rings. The molecule has 2 aliphatic rings. The number of nitrogens with one attached hydrogen (secondary N) is 2. The molecule has 0 aromatic heterocycles. The highest BCUT2D eigenvalue weighted by Gasteiger charge is 2.35. The minimum atomic E-state index is -0.289. The molecule has 2 aromatic rings. The van der Waals surface area contributed by atoms with Crippen LogP contribution in [0.2, 0.25) is 0 Å². The van der Waals surface area contributed by atoms with Gasteiger partial charge in [0, 0.05) is 20.1 Å². The number of amides is 1. The Balaban J connectivity index is 1.46. The molecule has 2 aliphatic heterocycles. The van der Waals surface area contributed by atoms with Crippen LogP contribution in [0, 0.1) is 11.7 Å². The average Bonchev–Trinajstić information content (AvgIpc) is 3.17. The Bertz CT molecular complexity index is 828. The maximum Gasteiger partial charge on any atom is 0.229 e. The van der Waals surface area contributed by atoms with E-state index in [9.17, 15) is 9.18 Å². The van der Waals surface area contributed by atoms with Crippen molar-refractivity contribution in [2.75, 3.05) is 26.8 Å². The number of benzene rings is 2. The Morgan fingerprint density at radius 2 is 1.89 bits per heavy atom. The number of fused-ring (bicyclic) bond motifs is 1. The second-order valence-electron chi connectivity index (χ2n) is 6.83. The maximum atomic E-state index is 13.2. The van der Waals surface area contributed by atoms with E-state index in [2.05, 4.69) is 10.9 Å². The monoisotopic (exact) mass is 371 g/mol. The number of carbonyl (C=O) groups excluding carboxylic acids is 1. The quantitative estimate of drug-likeness (QED) is 0.861. The van der Waals surface area contributed by atoms with Gasteiger partial charge >= 0.3 is 0 Å². The number of nitrogens with zero attached hydrogens (tertiary/aromatic N) is 1. The Labute approximate surface area is 157 Å². The first kappa shape index (κ1) is 17.8. The van der Waals surface area contributed by atoms with Gasteiger partial charge in [-0.3, -0.25) is 10.2 Å². The molecule has 2 unspecified atom stereocenters. The molecule has 1 amide bonds. The fraction of sp³-hybridized carbons (Fsp3) is 0.350. The van der Waals surface area contributed by atoms with E-state index in [1.165, 1.54) is 12.1 Å². The van der Waals surface area contributed by atoms with Crippen molar-refractivity contribution >= 4 is 5.91 Å². The molecular weight excluding hydrogens is 349 g/mol. The Kier molecular flexibility index (Phi) is 4.96. The average molecular weight is 371 g/mol. The Morgan fingerprint density at radius 1 is 1.15 bits per heavy atom. The van der Waals surface area contributed by atoms with Gasteiger partial charge in [0.15, 0.2) is 11.5 Å². The summed E-state index contributed by atoms with van der Waals surface area (Å²) < 4.78 is 24.3. The van der Waals surface area contributed by atoms with Crippen LogP contribution in [0.3, 0.4) is 0 Å². The van der Waals surface area contributed by atoms with Crippen molar-refractivity contribution in [3.63, 3.8) is 0 Å². The molecule has 0 spiro atoms. The summed E-state index contributed by atoms with van der Waals surface area (Å²) in [6.07, 6.45) is 0. The summed E-state index contributed by atoms with van der Waals surface area (Å²) in [5.74, 6) is 0.922. The van der Waals surface area contributed by atoms with E-state index in [4.69, 9.17) is 9.47 Å². The van der Waals surface area contributed by atoms with Crippen molar-refractivity contribution in [3.8, 4) is 11.5 Å². The third-order valence-electron chi connectivity index (χ3n) is 4.93. The highest BCUT2D eigenvalue weighted by molar-refractivity contribution is 5.80. The number of hydrogen-bond donors (Lipinski definition) is 2. The molecule has 2 atom stereocenters. The molecule has 0 bridgehead atoms. The van der Waals surface area contributed by atoms with Gasteiger partial charge in [0.2, 0.25) is 5.91 Å². The van der Waals surface area contributed by atoms with Crippen LogP contribution in [0.1, 0.15) is 17.2 Å². The van der Waals surface area contributed by atoms with Gasteiger partial charge in [0.1, 0.15) is 19.0 Å². The number of carbonyl (C=O) groups is 1. The van der Waals surface area contributed by atoms with Crippen LogP contribution < -0.4 is 20.3 Å². The van der Waals surface area contributed by atoms with Crippen LogP contribution in [-0.2, 0) is 11.3 Å². The highest BCUT2D eigenvalue weighted by Crippen LogP contribution is 2.32. The van der Waals surface area contributed by atoms with Gasteiger partial charge in [-0.2, -0.15) is 0 Å². The first-order valence-electron chi connectivity index (χ1n) is 8.99. The predicted molar refractivity (Wildman–Crippen MR) is 97.7 cm³/mol. The first-order chi connectivity index (χ1) is 13.1. The van der Waals surface area contributed by atoms with E-state index >= 15 is 0 Å². The topological polar surface area (TPSA) is 62.8 Å². The standard InChI is InChI=1S/C20H22FN3O3/c1-24(12-13-2-7-17-18(10-13)27-9-8-26-17)20(25)16-11-22-23-19(16)14-3-5-15(21)6-4-14/h2-7,10,16,19,22-23H,8-9,11-12H2,1H3. The number of hydrogen-bond acceptors (Lipinski definition) is 5. The van der Waals surface area contributed by atoms with E-state index in [1.54, 1.807) is 24.1 Å². The summed E-state index contributed by atoms with van der Waals surface area (Å²) in [6, 6.07) is 11.8. The Hall–Kier alpha value is -2.64. The van der Waals surface area contributed by atoms with Crippen molar-refractivity contribution in [2.24, 2.45) is 5.92 Å². The van der Waals surface area contributed by atoms with E-state index in [-0.39, 0.29) is 23.7 Å². The minimum absolute atomic E-state index is 0.0247. The van der Waals surface area contributed by atoms with Crippen LogP contribution in [0.15, 0.2) is 42.5 Å². The van der Waals surface area contributed by atoms with Crippen molar-refractivity contribution in [1.29, 1.82) is 0 Å². The molecule has 0 aliphatic carbocycles. The zero-order valence-corrected chi connectivity index (χ0v) is 15.1. The SMILES string of the molecule is CN(Cc1ccc2c(c1)OCCO2)C(=O)C1CNNC1c1ccc(F)cc1. The summed E-state index contributed by atoms with van der Waals surface area (Å²) in [5, 5.41) is 0. The predicted octanol–water partition coefficient (Wildman–Crippen LogP) is 2.02. The lowest BCUT2D eigenvalue weighted by atomic mass is 9.93. The molecule has 2 N–H and O–H groups in total. The normalized spacial score (nSPS) is 21.1. The van der Waals surface area contributed by atoms with Gasteiger partial charge in [0.25, 0.3) is 0 Å². The number of rotatable bonds is 4. The summed E-state index contributed by atoms with van der Waals surface area (Å²) >= 11 is 0.